The van der Waals surface area contributed by atoms with E-state index in [1.165, 1.54) is 38.3 Å². The van der Waals surface area contributed by atoms with Gasteiger partial charge in [0.1, 0.15) is 11.4 Å². The van der Waals surface area contributed by atoms with Gasteiger partial charge in [-0.25, -0.2) is 4.39 Å². The summed E-state index contributed by atoms with van der Waals surface area (Å²) >= 11 is 0. The molecule has 0 aliphatic heterocycles. The second-order valence-electron chi connectivity index (χ2n) is 4.75. The quantitative estimate of drug-likeness (QED) is 0.880. The normalized spacial score (nSPS) is 13.7. The number of amides is 1. The van der Waals surface area contributed by atoms with E-state index in [0.717, 1.165) is 0 Å². The first-order chi connectivity index (χ1) is 9.92. The van der Waals surface area contributed by atoms with Gasteiger partial charge in [-0.05, 0) is 25.1 Å². The maximum atomic E-state index is 13.0. The van der Waals surface area contributed by atoms with Crippen molar-refractivity contribution < 1.29 is 23.6 Å². The topological polar surface area (TPSA) is 84.6 Å². The van der Waals surface area contributed by atoms with Crippen LogP contribution in [0.4, 0.5) is 10.1 Å². The van der Waals surface area contributed by atoms with Gasteiger partial charge in [0, 0.05) is 18.9 Å². The van der Waals surface area contributed by atoms with Gasteiger partial charge >= 0.3 is 0 Å². The summed E-state index contributed by atoms with van der Waals surface area (Å²) in [4.78, 5) is 12.0. The molecular weight excluding hydrogens is 279 g/mol. The van der Waals surface area contributed by atoms with Crippen molar-refractivity contribution in [2.45, 2.75) is 12.5 Å². The SMILES string of the molecule is COCC(C)(O)c1cc(C(=O)Nc2cccc(F)c2)no1. The van der Waals surface area contributed by atoms with Gasteiger partial charge in [-0.15, -0.1) is 0 Å². The molecule has 112 valence electrons. The predicted molar refractivity (Wildman–Crippen MR) is 72.3 cm³/mol. The lowest BCUT2D eigenvalue weighted by Gasteiger charge is -2.17. The molecule has 1 unspecified atom stereocenters. The van der Waals surface area contributed by atoms with E-state index in [2.05, 4.69) is 10.5 Å². The Hall–Kier alpha value is -2.25. The number of hydrogen-bond acceptors (Lipinski definition) is 5. The molecule has 0 radical (unpaired) electrons. The predicted octanol–water partition coefficient (Wildman–Crippen LogP) is 1.92. The minimum absolute atomic E-state index is 0.00680. The maximum absolute atomic E-state index is 13.0. The zero-order valence-electron chi connectivity index (χ0n) is 11.6. The zero-order chi connectivity index (χ0) is 15.5. The third kappa shape index (κ3) is 3.65. The molecule has 2 N–H and O–H groups in total. The molecular formula is C14H15FN2O4. The van der Waals surface area contributed by atoms with Crippen LogP contribution in [-0.2, 0) is 10.3 Å². The number of aliphatic hydroxyl groups is 1. The van der Waals surface area contributed by atoms with Crippen LogP contribution in [0.15, 0.2) is 34.9 Å². The Bertz CT molecular complexity index is 639. The van der Waals surface area contributed by atoms with Crippen LogP contribution < -0.4 is 5.32 Å². The largest absolute Gasteiger partial charge is 0.381 e. The summed E-state index contributed by atoms with van der Waals surface area (Å²) in [5, 5.41) is 16.1. The number of hydrogen-bond donors (Lipinski definition) is 2. The van der Waals surface area contributed by atoms with Gasteiger partial charge in [-0.3, -0.25) is 4.79 Å². The van der Waals surface area contributed by atoms with Gasteiger partial charge in [0.15, 0.2) is 11.5 Å². The average molecular weight is 294 g/mol. The van der Waals surface area contributed by atoms with Crippen molar-refractivity contribution >= 4 is 11.6 Å². The molecule has 1 atom stereocenters. The van der Waals surface area contributed by atoms with E-state index in [4.69, 9.17) is 9.26 Å². The van der Waals surface area contributed by atoms with Crippen LogP contribution in [-0.4, -0.2) is 29.9 Å². The molecule has 1 amide bonds. The summed E-state index contributed by atoms with van der Waals surface area (Å²) in [6.07, 6.45) is 0. The molecule has 0 bridgehead atoms. The Morgan fingerprint density at radius 1 is 1.52 bits per heavy atom. The van der Waals surface area contributed by atoms with E-state index in [1.54, 1.807) is 6.07 Å². The summed E-state index contributed by atoms with van der Waals surface area (Å²) in [5.74, 6) is -0.922. The first kappa shape index (κ1) is 15.1. The molecule has 2 rings (SSSR count). The van der Waals surface area contributed by atoms with Gasteiger partial charge in [-0.1, -0.05) is 11.2 Å². The van der Waals surface area contributed by atoms with Crippen molar-refractivity contribution in [3.63, 3.8) is 0 Å². The number of carbonyl (C=O) groups excluding carboxylic acids is 1. The second kappa shape index (κ2) is 6.02. The van der Waals surface area contributed by atoms with Crippen LogP contribution in [0.5, 0.6) is 0 Å². The third-order valence-corrected chi connectivity index (χ3v) is 2.78. The molecule has 0 spiro atoms. The lowest BCUT2D eigenvalue weighted by Crippen LogP contribution is -2.26. The lowest BCUT2D eigenvalue weighted by molar-refractivity contribution is -0.0392. The second-order valence-corrected chi connectivity index (χ2v) is 4.75. The number of nitrogens with zero attached hydrogens (tertiary/aromatic N) is 1. The van der Waals surface area contributed by atoms with Crippen molar-refractivity contribution in [2.75, 3.05) is 19.0 Å². The Labute approximate surface area is 120 Å². The molecule has 0 saturated heterocycles. The number of anilines is 1. The molecule has 0 aliphatic rings. The number of ether oxygens (including phenoxy) is 1. The van der Waals surface area contributed by atoms with E-state index in [1.807, 2.05) is 0 Å². The number of aromatic nitrogens is 1. The Morgan fingerprint density at radius 2 is 2.29 bits per heavy atom. The van der Waals surface area contributed by atoms with Crippen LogP contribution >= 0.6 is 0 Å². The molecule has 0 fully saturated rings. The Kier molecular flexibility index (Phi) is 4.35. The number of rotatable bonds is 5. The summed E-state index contributed by atoms with van der Waals surface area (Å²) in [6.45, 7) is 1.47. The molecule has 0 saturated carbocycles. The number of halogens is 1. The average Bonchev–Trinajstić information content (AvgIpc) is 2.89. The highest BCUT2D eigenvalue weighted by Crippen LogP contribution is 2.22. The first-order valence-electron chi connectivity index (χ1n) is 6.18. The van der Waals surface area contributed by atoms with Crippen molar-refractivity contribution in [2.24, 2.45) is 0 Å². The van der Waals surface area contributed by atoms with Crippen molar-refractivity contribution in [1.82, 2.24) is 5.16 Å². The fourth-order valence-electron chi connectivity index (χ4n) is 1.75. The van der Waals surface area contributed by atoms with E-state index in [0.29, 0.717) is 5.69 Å². The summed E-state index contributed by atoms with van der Waals surface area (Å²) in [5.41, 5.74) is -1.11. The molecule has 2 aromatic rings. The van der Waals surface area contributed by atoms with Gasteiger partial charge in [0.2, 0.25) is 0 Å². The third-order valence-electron chi connectivity index (χ3n) is 2.78. The number of benzene rings is 1. The monoisotopic (exact) mass is 294 g/mol. The van der Waals surface area contributed by atoms with Crippen molar-refractivity contribution in [3.05, 3.63) is 47.6 Å². The number of nitrogens with one attached hydrogen (secondary N) is 1. The van der Waals surface area contributed by atoms with Crippen LogP contribution in [0.25, 0.3) is 0 Å². The van der Waals surface area contributed by atoms with Crippen molar-refractivity contribution in [3.8, 4) is 0 Å². The summed E-state index contributed by atoms with van der Waals surface area (Å²) in [6, 6.07) is 6.78. The molecule has 1 heterocycles. The lowest BCUT2D eigenvalue weighted by atomic mass is 10.0. The van der Waals surface area contributed by atoms with E-state index >= 15 is 0 Å². The highest BCUT2D eigenvalue weighted by Gasteiger charge is 2.29. The highest BCUT2D eigenvalue weighted by atomic mass is 19.1. The molecule has 0 aliphatic carbocycles. The first-order valence-corrected chi connectivity index (χ1v) is 6.18. The Morgan fingerprint density at radius 3 is 2.95 bits per heavy atom. The molecule has 1 aromatic carbocycles. The molecule has 7 heteroatoms. The summed E-state index contributed by atoms with van der Waals surface area (Å²) < 4.78 is 22.8. The smallest absolute Gasteiger partial charge is 0.277 e. The van der Waals surface area contributed by atoms with E-state index < -0.39 is 17.3 Å². The highest BCUT2D eigenvalue weighted by molar-refractivity contribution is 6.02. The fraction of sp³-hybridized carbons (Fsp3) is 0.286. The van der Waals surface area contributed by atoms with Crippen LogP contribution in [0, 0.1) is 5.82 Å². The maximum Gasteiger partial charge on any atom is 0.277 e. The number of methoxy groups -OCH3 is 1. The van der Waals surface area contributed by atoms with Crippen LogP contribution in [0.3, 0.4) is 0 Å². The van der Waals surface area contributed by atoms with Crippen molar-refractivity contribution in [1.29, 1.82) is 0 Å². The van der Waals surface area contributed by atoms with Gasteiger partial charge in [0.05, 0.1) is 6.61 Å². The molecule has 21 heavy (non-hydrogen) atoms. The minimum atomic E-state index is -1.39. The van der Waals surface area contributed by atoms with Gasteiger partial charge < -0.3 is 19.7 Å². The van der Waals surface area contributed by atoms with Gasteiger partial charge in [-0.2, -0.15) is 0 Å². The summed E-state index contributed by atoms with van der Waals surface area (Å²) in [7, 11) is 1.43. The zero-order valence-corrected chi connectivity index (χ0v) is 11.6. The van der Waals surface area contributed by atoms with E-state index in [-0.39, 0.29) is 18.1 Å². The minimum Gasteiger partial charge on any atom is -0.381 e. The van der Waals surface area contributed by atoms with Crippen LogP contribution in [0.1, 0.15) is 23.2 Å². The standard InChI is InChI=1S/C14H15FN2O4/c1-14(19,8-20-2)12-7-11(17-21-12)13(18)16-10-5-3-4-9(15)6-10/h3-7,19H,8H2,1-2H3,(H,16,18). The molecule has 6 nitrogen and oxygen atoms in total. The van der Waals surface area contributed by atoms with Crippen LogP contribution in [0.2, 0.25) is 0 Å². The molecule has 1 aromatic heterocycles. The number of carbonyl (C=O) groups is 1. The Balaban J connectivity index is 2.12. The van der Waals surface area contributed by atoms with Gasteiger partial charge in [0.25, 0.3) is 5.91 Å². The van der Waals surface area contributed by atoms with E-state index in [9.17, 15) is 14.3 Å². The fourth-order valence-corrected chi connectivity index (χ4v) is 1.75.